The molecule has 1 fully saturated rings. The van der Waals surface area contributed by atoms with Crippen LogP contribution in [0.4, 0.5) is 16.2 Å². The molecule has 0 saturated carbocycles. The highest BCUT2D eigenvalue weighted by Crippen LogP contribution is 2.27. The van der Waals surface area contributed by atoms with Gasteiger partial charge in [0.25, 0.3) is 0 Å². The number of hydrogen-bond acceptors (Lipinski definition) is 6. The summed E-state index contributed by atoms with van der Waals surface area (Å²) < 4.78 is 13.3. The minimum atomic E-state index is -0.277. The van der Waals surface area contributed by atoms with Gasteiger partial charge in [-0.05, 0) is 55.0 Å². The van der Waals surface area contributed by atoms with E-state index in [2.05, 4.69) is 32.0 Å². The lowest BCUT2D eigenvalue weighted by Crippen LogP contribution is -2.52. The van der Waals surface area contributed by atoms with Gasteiger partial charge in [0.05, 0.1) is 11.2 Å². The van der Waals surface area contributed by atoms with Crippen LogP contribution in [0.5, 0.6) is 0 Å². The van der Waals surface area contributed by atoms with Crippen molar-refractivity contribution in [2.75, 3.05) is 43.4 Å². The molecule has 0 atom stereocenters. The number of nitrogen functional groups attached to an aromatic ring is 1. The van der Waals surface area contributed by atoms with E-state index in [-0.39, 0.29) is 11.8 Å². The lowest BCUT2D eigenvalue weighted by atomic mass is 10.1. The van der Waals surface area contributed by atoms with Crippen molar-refractivity contribution in [3.63, 3.8) is 0 Å². The molecule has 2 aromatic heterocycles. The van der Waals surface area contributed by atoms with Crippen molar-refractivity contribution in [1.29, 1.82) is 0 Å². The zero-order valence-corrected chi connectivity index (χ0v) is 18.3. The monoisotopic (exact) mass is 439 g/mol. The topological polar surface area (TPSA) is 83.2 Å². The summed E-state index contributed by atoms with van der Waals surface area (Å²) in [6, 6.07) is 10.0. The molecule has 1 aromatic carbocycles. The molecule has 7 nitrogen and oxygen atoms in total. The first-order valence-electron chi connectivity index (χ1n) is 10.5. The highest BCUT2D eigenvalue weighted by atomic mass is 32.1. The maximum atomic E-state index is 13.3. The van der Waals surface area contributed by atoms with Gasteiger partial charge in [-0.3, -0.25) is 0 Å². The maximum absolute atomic E-state index is 13.3. The van der Waals surface area contributed by atoms with Crippen molar-refractivity contribution in [3.8, 4) is 11.3 Å². The fourth-order valence-corrected chi connectivity index (χ4v) is 3.91. The van der Waals surface area contributed by atoms with Crippen LogP contribution in [0.3, 0.4) is 0 Å². The predicted octanol–water partition coefficient (Wildman–Crippen LogP) is 3.21. The number of nitrogens with two attached hydrogens (primary N) is 1. The Morgan fingerprint density at radius 1 is 1.06 bits per heavy atom. The second-order valence-electron chi connectivity index (χ2n) is 7.54. The van der Waals surface area contributed by atoms with Crippen molar-refractivity contribution in [2.24, 2.45) is 0 Å². The molecular formula is C22H26FN7S. The van der Waals surface area contributed by atoms with Crippen molar-refractivity contribution in [1.82, 2.24) is 25.2 Å². The Morgan fingerprint density at radius 3 is 2.52 bits per heavy atom. The number of anilines is 2. The molecule has 0 radical (unpaired) electrons. The van der Waals surface area contributed by atoms with Gasteiger partial charge in [-0.25, -0.2) is 14.4 Å². The second-order valence-corrected chi connectivity index (χ2v) is 7.92. The quantitative estimate of drug-likeness (QED) is 0.463. The van der Waals surface area contributed by atoms with E-state index in [1.165, 1.54) is 12.1 Å². The fraction of sp³-hybridized carbons (Fsp3) is 0.364. The lowest BCUT2D eigenvalue weighted by Gasteiger charge is -2.37. The molecule has 3 heterocycles. The van der Waals surface area contributed by atoms with Gasteiger partial charge in [0.1, 0.15) is 11.3 Å². The number of aromatic nitrogens is 3. The summed E-state index contributed by atoms with van der Waals surface area (Å²) in [4.78, 5) is 18.0. The van der Waals surface area contributed by atoms with E-state index in [1.807, 2.05) is 12.1 Å². The number of thiocarbonyl (C=S) groups is 1. The van der Waals surface area contributed by atoms with E-state index in [0.717, 1.165) is 67.8 Å². The molecule has 0 amide bonds. The molecule has 0 aliphatic carbocycles. The average molecular weight is 440 g/mol. The van der Waals surface area contributed by atoms with Gasteiger partial charge < -0.3 is 20.9 Å². The van der Waals surface area contributed by atoms with Crippen LogP contribution in [0.1, 0.15) is 19.8 Å². The van der Waals surface area contributed by atoms with Gasteiger partial charge in [0, 0.05) is 38.3 Å². The Hall–Kier alpha value is -3.07. The van der Waals surface area contributed by atoms with Crippen LogP contribution in [0, 0.1) is 5.82 Å². The Bertz CT molecular complexity index is 1070. The Labute approximate surface area is 186 Å². The van der Waals surface area contributed by atoms with Crippen molar-refractivity contribution in [2.45, 2.75) is 19.8 Å². The number of fused-ring (bicyclic) bond motifs is 1. The normalized spacial score (nSPS) is 14.1. The van der Waals surface area contributed by atoms with Crippen LogP contribution in [0.25, 0.3) is 22.3 Å². The van der Waals surface area contributed by atoms with Crippen LogP contribution in [-0.2, 0) is 0 Å². The number of halogens is 1. The number of hydrogen-bond donors (Lipinski definition) is 2. The van der Waals surface area contributed by atoms with E-state index in [1.54, 1.807) is 12.1 Å². The molecule has 4 rings (SSSR count). The first kappa shape index (κ1) is 21.2. The largest absolute Gasteiger partial charge is 0.368 e. The zero-order chi connectivity index (χ0) is 21.8. The van der Waals surface area contributed by atoms with Gasteiger partial charge in [0.15, 0.2) is 10.9 Å². The average Bonchev–Trinajstić information content (AvgIpc) is 2.79. The molecule has 0 bridgehead atoms. The third-order valence-corrected chi connectivity index (χ3v) is 5.76. The number of nitrogens with one attached hydrogen (secondary N) is 1. The SMILES string of the molecule is CCCCNC(=S)N1CCN(c2nc(N)nc3ccc(-c4ccc(F)cc4)nc23)CC1. The number of benzene rings is 1. The van der Waals surface area contributed by atoms with Crippen LogP contribution < -0.4 is 16.0 Å². The Kier molecular flexibility index (Phi) is 6.41. The van der Waals surface area contributed by atoms with Crippen LogP contribution in [0.2, 0.25) is 0 Å². The first-order valence-corrected chi connectivity index (χ1v) is 10.9. The third-order valence-electron chi connectivity index (χ3n) is 5.35. The Morgan fingerprint density at radius 2 is 1.81 bits per heavy atom. The molecule has 162 valence electrons. The van der Waals surface area contributed by atoms with Crippen molar-refractivity contribution in [3.05, 3.63) is 42.2 Å². The summed E-state index contributed by atoms with van der Waals surface area (Å²) in [5, 5.41) is 4.13. The summed E-state index contributed by atoms with van der Waals surface area (Å²) in [5.74, 6) is 0.662. The van der Waals surface area contributed by atoms with Crippen LogP contribution in [-0.4, -0.2) is 57.7 Å². The summed E-state index contributed by atoms with van der Waals surface area (Å²) in [6.07, 6.45) is 2.24. The summed E-state index contributed by atoms with van der Waals surface area (Å²) in [6.45, 7) is 6.16. The van der Waals surface area contributed by atoms with Gasteiger partial charge in [-0.2, -0.15) is 4.98 Å². The Balaban J connectivity index is 1.56. The first-order chi connectivity index (χ1) is 15.0. The van der Waals surface area contributed by atoms with Crippen molar-refractivity contribution >= 4 is 40.1 Å². The van der Waals surface area contributed by atoms with Gasteiger partial charge >= 0.3 is 0 Å². The smallest absolute Gasteiger partial charge is 0.222 e. The molecule has 1 aliphatic rings. The molecule has 0 spiro atoms. The third kappa shape index (κ3) is 4.82. The summed E-state index contributed by atoms with van der Waals surface area (Å²) in [5.41, 5.74) is 8.93. The standard InChI is InChI=1S/C22H26FN7S/c1-2-3-10-25-22(31)30-13-11-29(12-14-30)20-19-18(27-21(24)28-20)9-8-17(26-19)15-4-6-16(23)7-5-15/h4-9H,2-3,10-14H2,1H3,(H,25,31)(H2,24,27,28). The maximum Gasteiger partial charge on any atom is 0.222 e. The fourth-order valence-electron chi connectivity index (χ4n) is 3.62. The van der Waals surface area contributed by atoms with E-state index in [0.29, 0.717) is 11.0 Å². The number of piperazine rings is 1. The van der Waals surface area contributed by atoms with E-state index < -0.39 is 0 Å². The number of rotatable bonds is 5. The molecular weight excluding hydrogens is 413 g/mol. The minimum Gasteiger partial charge on any atom is -0.368 e. The van der Waals surface area contributed by atoms with E-state index in [4.69, 9.17) is 22.9 Å². The summed E-state index contributed by atoms with van der Waals surface area (Å²) in [7, 11) is 0. The van der Waals surface area contributed by atoms with E-state index in [9.17, 15) is 4.39 Å². The van der Waals surface area contributed by atoms with Gasteiger partial charge in [-0.15, -0.1) is 0 Å². The molecule has 3 N–H and O–H groups in total. The van der Waals surface area contributed by atoms with Crippen LogP contribution >= 0.6 is 12.2 Å². The second kappa shape index (κ2) is 9.38. The van der Waals surface area contributed by atoms with Gasteiger partial charge in [0.2, 0.25) is 5.95 Å². The molecule has 1 aliphatic heterocycles. The van der Waals surface area contributed by atoms with E-state index >= 15 is 0 Å². The molecule has 0 unspecified atom stereocenters. The summed E-state index contributed by atoms with van der Waals surface area (Å²) >= 11 is 5.53. The molecule has 9 heteroatoms. The highest BCUT2D eigenvalue weighted by Gasteiger charge is 2.23. The van der Waals surface area contributed by atoms with Crippen molar-refractivity contribution < 1.29 is 4.39 Å². The van der Waals surface area contributed by atoms with Gasteiger partial charge in [-0.1, -0.05) is 13.3 Å². The lowest BCUT2D eigenvalue weighted by molar-refractivity contribution is 0.379. The highest BCUT2D eigenvalue weighted by molar-refractivity contribution is 7.80. The molecule has 3 aromatic rings. The molecule has 1 saturated heterocycles. The number of unbranched alkanes of at least 4 members (excludes halogenated alkanes) is 1. The molecule has 31 heavy (non-hydrogen) atoms. The zero-order valence-electron chi connectivity index (χ0n) is 17.5. The number of pyridine rings is 1. The minimum absolute atomic E-state index is 0.220. The van der Waals surface area contributed by atoms with Crippen LogP contribution in [0.15, 0.2) is 36.4 Å². The number of nitrogens with zero attached hydrogens (tertiary/aromatic N) is 5. The predicted molar refractivity (Wildman–Crippen MR) is 126 cm³/mol.